The number of unbranched alkanes of at least 4 members (excludes halogenated alkanes) is 3. The van der Waals surface area contributed by atoms with E-state index in [1.165, 1.54) is 31.2 Å². The number of hydrogen-bond acceptors (Lipinski definition) is 1. The monoisotopic (exact) mass is 345 g/mol. The third-order valence-electron chi connectivity index (χ3n) is 5.60. The highest BCUT2D eigenvalue weighted by Gasteiger charge is 2.36. The Kier molecular flexibility index (Phi) is 4.69. The lowest BCUT2D eigenvalue weighted by Gasteiger charge is -2.31. The Bertz CT molecular complexity index is 936. The number of aryl methyl sites for hydroxylation is 1. The SMILES string of the molecule is CCCCCCn1cc([C@@]2(O)CC=Cc3ccccc32)c2ccccc21. The molecule has 134 valence electrons. The second kappa shape index (κ2) is 7.13. The van der Waals surface area contributed by atoms with E-state index in [9.17, 15) is 5.11 Å². The molecule has 1 aromatic heterocycles. The summed E-state index contributed by atoms with van der Waals surface area (Å²) < 4.78 is 2.33. The van der Waals surface area contributed by atoms with Crippen molar-refractivity contribution in [1.29, 1.82) is 0 Å². The average molecular weight is 345 g/mol. The van der Waals surface area contributed by atoms with E-state index in [0.29, 0.717) is 6.42 Å². The van der Waals surface area contributed by atoms with Crippen LogP contribution in [0.25, 0.3) is 17.0 Å². The van der Waals surface area contributed by atoms with Crippen LogP contribution in [0.4, 0.5) is 0 Å². The first kappa shape index (κ1) is 17.1. The van der Waals surface area contributed by atoms with Crippen LogP contribution in [0.3, 0.4) is 0 Å². The van der Waals surface area contributed by atoms with E-state index in [0.717, 1.165) is 28.6 Å². The fraction of sp³-hybridized carbons (Fsp3) is 0.333. The van der Waals surface area contributed by atoms with Crippen molar-refractivity contribution < 1.29 is 5.11 Å². The van der Waals surface area contributed by atoms with Gasteiger partial charge >= 0.3 is 0 Å². The molecule has 4 rings (SSSR count). The minimum atomic E-state index is -0.959. The van der Waals surface area contributed by atoms with Gasteiger partial charge < -0.3 is 9.67 Å². The van der Waals surface area contributed by atoms with Crippen LogP contribution in [0.5, 0.6) is 0 Å². The van der Waals surface area contributed by atoms with Gasteiger partial charge in [0, 0.05) is 35.6 Å². The van der Waals surface area contributed by atoms with E-state index >= 15 is 0 Å². The maximum atomic E-state index is 11.8. The van der Waals surface area contributed by atoms with E-state index in [4.69, 9.17) is 0 Å². The van der Waals surface area contributed by atoms with Crippen molar-refractivity contribution >= 4 is 17.0 Å². The van der Waals surface area contributed by atoms with Crippen molar-refractivity contribution in [2.45, 2.75) is 51.2 Å². The van der Waals surface area contributed by atoms with Crippen molar-refractivity contribution in [1.82, 2.24) is 4.57 Å². The number of nitrogens with zero attached hydrogens (tertiary/aromatic N) is 1. The Balaban J connectivity index is 1.78. The third-order valence-corrected chi connectivity index (χ3v) is 5.60. The first-order valence-corrected chi connectivity index (χ1v) is 9.81. The highest BCUT2D eigenvalue weighted by atomic mass is 16.3. The predicted molar refractivity (Wildman–Crippen MR) is 109 cm³/mol. The Morgan fingerprint density at radius 2 is 1.77 bits per heavy atom. The van der Waals surface area contributed by atoms with Gasteiger partial charge in [0.2, 0.25) is 0 Å². The summed E-state index contributed by atoms with van der Waals surface area (Å²) in [6.45, 7) is 3.25. The first-order chi connectivity index (χ1) is 12.7. The van der Waals surface area contributed by atoms with Crippen molar-refractivity contribution in [3.8, 4) is 0 Å². The first-order valence-electron chi connectivity index (χ1n) is 9.81. The number of hydrogen-bond donors (Lipinski definition) is 1. The summed E-state index contributed by atoms with van der Waals surface area (Å²) in [6.07, 6.45) is 12.0. The van der Waals surface area contributed by atoms with Crippen molar-refractivity contribution in [2.24, 2.45) is 0 Å². The summed E-state index contributed by atoms with van der Waals surface area (Å²) in [5, 5.41) is 12.9. The van der Waals surface area contributed by atoms with Crippen molar-refractivity contribution in [3.05, 3.63) is 77.5 Å². The summed E-state index contributed by atoms with van der Waals surface area (Å²) in [6, 6.07) is 16.7. The van der Waals surface area contributed by atoms with Crippen molar-refractivity contribution in [3.63, 3.8) is 0 Å². The van der Waals surface area contributed by atoms with E-state index in [1.807, 2.05) is 12.1 Å². The third kappa shape index (κ3) is 2.89. The number of para-hydroxylation sites is 1. The van der Waals surface area contributed by atoms with Gasteiger partial charge in [-0.05, 0) is 23.6 Å². The molecule has 0 amide bonds. The molecule has 0 unspecified atom stereocenters. The smallest absolute Gasteiger partial charge is 0.121 e. The Labute approximate surface area is 155 Å². The molecule has 0 saturated carbocycles. The zero-order chi connectivity index (χ0) is 18.0. The molecule has 0 aliphatic heterocycles. The quantitative estimate of drug-likeness (QED) is 0.555. The summed E-state index contributed by atoms with van der Waals surface area (Å²) in [7, 11) is 0. The molecule has 1 atom stereocenters. The molecule has 0 bridgehead atoms. The van der Waals surface area contributed by atoms with Crippen LogP contribution >= 0.6 is 0 Å². The van der Waals surface area contributed by atoms with Gasteiger partial charge in [-0.1, -0.05) is 80.8 Å². The standard InChI is InChI=1S/C24H27NO/c1-2-3-4-9-17-25-18-22(20-13-6-8-15-23(20)25)24(26)16-10-12-19-11-5-7-14-21(19)24/h5-8,10-15,18,26H,2-4,9,16-17H2,1H3/t24-/m1/s1. The Morgan fingerprint density at radius 3 is 2.65 bits per heavy atom. The van der Waals surface area contributed by atoms with E-state index in [2.05, 4.69) is 66.2 Å². The number of fused-ring (bicyclic) bond motifs is 2. The van der Waals surface area contributed by atoms with Crippen LogP contribution in [0.2, 0.25) is 0 Å². The molecule has 1 heterocycles. The van der Waals surface area contributed by atoms with E-state index in [1.54, 1.807) is 0 Å². The molecule has 0 fully saturated rings. The fourth-order valence-electron chi connectivity index (χ4n) is 4.21. The number of aromatic nitrogens is 1. The zero-order valence-electron chi connectivity index (χ0n) is 15.5. The van der Waals surface area contributed by atoms with Gasteiger partial charge in [0.05, 0.1) is 0 Å². The molecule has 1 aliphatic rings. The molecule has 26 heavy (non-hydrogen) atoms. The molecule has 1 aliphatic carbocycles. The Hall–Kier alpha value is -2.32. The maximum absolute atomic E-state index is 11.8. The van der Waals surface area contributed by atoms with Gasteiger partial charge in [0.15, 0.2) is 0 Å². The molecule has 1 N–H and O–H groups in total. The van der Waals surface area contributed by atoms with Gasteiger partial charge in [-0.2, -0.15) is 0 Å². The lowest BCUT2D eigenvalue weighted by molar-refractivity contribution is 0.0841. The van der Waals surface area contributed by atoms with Gasteiger partial charge in [-0.3, -0.25) is 0 Å². The molecule has 2 heteroatoms. The normalized spacial score (nSPS) is 19.0. The van der Waals surface area contributed by atoms with Gasteiger partial charge in [0.25, 0.3) is 0 Å². The summed E-state index contributed by atoms with van der Waals surface area (Å²) in [5.41, 5.74) is 3.41. The summed E-state index contributed by atoms with van der Waals surface area (Å²) in [5.74, 6) is 0. The van der Waals surface area contributed by atoms with Crippen LogP contribution in [0.1, 0.15) is 55.7 Å². The van der Waals surface area contributed by atoms with E-state index < -0.39 is 5.60 Å². The predicted octanol–water partition coefficient (Wildman–Crippen LogP) is 5.87. The van der Waals surface area contributed by atoms with Crippen LogP contribution < -0.4 is 0 Å². The molecular formula is C24H27NO. The molecule has 3 aromatic rings. The second-order valence-corrected chi connectivity index (χ2v) is 7.37. The van der Waals surface area contributed by atoms with Crippen LogP contribution in [0, 0.1) is 0 Å². The van der Waals surface area contributed by atoms with Crippen LogP contribution in [-0.2, 0) is 12.1 Å². The van der Waals surface area contributed by atoms with Gasteiger partial charge in [-0.25, -0.2) is 0 Å². The van der Waals surface area contributed by atoms with Crippen LogP contribution in [-0.4, -0.2) is 9.67 Å². The molecule has 0 spiro atoms. The largest absolute Gasteiger partial charge is 0.380 e. The van der Waals surface area contributed by atoms with Gasteiger partial charge in [-0.15, -0.1) is 0 Å². The summed E-state index contributed by atoms with van der Waals surface area (Å²) in [4.78, 5) is 0. The Morgan fingerprint density at radius 1 is 0.962 bits per heavy atom. The maximum Gasteiger partial charge on any atom is 0.121 e. The highest BCUT2D eigenvalue weighted by Crippen LogP contribution is 2.42. The second-order valence-electron chi connectivity index (χ2n) is 7.37. The van der Waals surface area contributed by atoms with Crippen molar-refractivity contribution in [2.75, 3.05) is 0 Å². The topological polar surface area (TPSA) is 25.2 Å². The highest BCUT2D eigenvalue weighted by molar-refractivity contribution is 5.86. The molecule has 2 aromatic carbocycles. The molecule has 2 nitrogen and oxygen atoms in total. The number of rotatable bonds is 6. The lowest BCUT2D eigenvalue weighted by Crippen LogP contribution is -2.29. The summed E-state index contributed by atoms with van der Waals surface area (Å²) >= 11 is 0. The number of aliphatic hydroxyl groups is 1. The van der Waals surface area contributed by atoms with E-state index in [-0.39, 0.29) is 0 Å². The number of benzene rings is 2. The molecule has 0 saturated heterocycles. The van der Waals surface area contributed by atoms with Gasteiger partial charge in [0.1, 0.15) is 5.60 Å². The minimum absolute atomic E-state index is 0.619. The van der Waals surface area contributed by atoms with Crippen LogP contribution in [0.15, 0.2) is 60.8 Å². The average Bonchev–Trinajstić information content (AvgIpc) is 3.05. The fourth-order valence-corrected chi connectivity index (χ4v) is 4.21. The minimum Gasteiger partial charge on any atom is -0.380 e. The lowest BCUT2D eigenvalue weighted by atomic mass is 9.78. The molecule has 0 radical (unpaired) electrons. The molecular weight excluding hydrogens is 318 g/mol. The zero-order valence-corrected chi connectivity index (χ0v) is 15.5.